The Morgan fingerprint density at radius 1 is 1.04 bits per heavy atom. The third-order valence-electron chi connectivity index (χ3n) is 3.58. The van der Waals surface area contributed by atoms with Crippen molar-refractivity contribution in [3.8, 4) is 0 Å². The number of esters is 1. The van der Waals surface area contributed by atoms with E-state index in [1.807, 2.05) is 0 Å². The average Bonchev–Trinajstić information content (AvgIpc) is 2.62. The first-order valence-electron chi connectivity index (χ1n) is 7.59. The number of halogens is 3. The van der Waals surface area contributed by atoms with Crippen LogP contribution in [0.15, 0.2) is 47.3 Å². The molecule has 138 valence electrons. The first-order chi connectivity index (χ1) is 12.8. The van der Waals surface area contributed by atoms with Gasteiger partial charge >= 0.3 is 5.97 Å². The van der Waals surface area contributed by atoms with E-state index in [1.54, 1.807) is 24.3 Å². The quantitative estimate of drug-likeness (QED) is 0.611. The van der Waals surface area contributed by atoms with Crippen LogP contribution in [0.5, 0.6) is 0 Å². The Morgan fingerprint density at radius 3 is 2.41 bits per heavy atom. The van der Waals surface area contributed by atoms with Gasteiger partial charge in [0.1, 0.15) is 0 Å². The molecule has 2 N–H and O–H groups in total. The van der Waals surface area contributed by atoms with Crippen molar-refractivity contribution < 1.29 is 14.3 Å². The number of aromatic amines is 1. The van der Waals surface area contributed by atoms with Crippen molar-refractivity contribution in [3.63, 3.8) is 0 Å². The van der Waals surface area contributed by atoms with Gasteiger partial charge in [-0.2, -0.15) is 0 Å². The van der Waals surface area contributed by atoms with Crippen molar-refractivity contribution >= 4 is 63.3 Å². The van der Waals surface area contributed by atoms with Crippen LogP contribution in [0.25, 0.3) is 10.9 Å². The molecule has 0 saturated carbocycles. The van der Waals surface area contributed by atoms with Crippen LogP contribution in [0, 0.1) is 0 Å². The molecule has 9 heteroatoms. The number of hydrogen-bond acceptors (Lipinski definition) is 4. The lowest BCUT2D eigenvalue weighted by Gasteiger charge is -2.11. The van der Waals surface area contributed by atoms with Crippen LogP contribution in [-0.4, -0.2) is 23.5 Å². The molecule has 0 aliphatic carbocycles. The van der Waals surface area contributed by atoms with Crippen LogP contribution >= 0.6 is 34.8 Å². The highest BCUT2D eigenvalue weighted by Gasteiger charge is 2.16. The number of carbonyl (C=O) groups excluding carboxylic acids is 2. The third kappa shape index (κ3) is 4.42. The molecule has 0 radical (unpaired) electrons. The SMILES string of the molecule is O=C(COC(=O)c1cc(=O)[nH]c2ccccc12)Nc1c(Cl)cc(Cl)cc1Cl. The van der Waals surface area contributed by atoms with E-state index >= 15 is 0 Å². The predicted molar refractivity (Wildman–Crippen MR) is 105 cm³/mol. The number of H-pyrrole nitrogens is 1. The van der Waals surface area contributed by atoms with Crippen molar-refractivity contribution in [2.75, 3.05) is 11.9 Å². The minimum Gasteiger partial charge on any atom is -0.452 e. The summed E-state index contributed by atoms with van der Waals surface area (Å²) >= 11 is 17.8. The molecule has 0 unspecified atom stereocenters. The van der Waals surface area contributed by atoms with Crippen LogP contribution in [-0.2, 0) is 9.53 Å². The second kappa shape index (κ2) is 8.00. The number of pyridine rings is 1. The molecule has 27 heavy (non-hydrogen) atoms. The lowest BCUT2D eigenvalue weighted by molar-refractivity contribution is -0.119. The van der Waals surface area contributed by atoms with Gasteiger partial charge in [-0.15, -0.1) is 0 Å². The highest BCUT2D eigenvalue weighted by atomic mass is 35.5. The first kappa shape index (κ1) is 19.2. The number of anilines is 1. The van der Waals surface area contributed by atoms with Gasteiger partial charge in [0.15, 0.2) is 6.61 Å². The summed E-state index contributed by atoms with van der Waals surface area (Å²) in [6, 6.07) is 10.7. The fourth-order valence-electron chi connectivity index (χ4n) is 2.42. The molecule has 1 heterocycles. The summed E-state index contributed by atoms with van der Waals surface area (Å²) in [5.74, 6) is -1.45. The van der Waals surface area contributed by atoms with E-state index in [2.05, 4.69) is 10.3 Å². The fourth-order valence-corrected chi connectivity index (χ4v) is 3.33. The van der Waals surface area contributed by atoms with Gasteiger partial charge in [-0.3, -0.25) is 9.59 Å². The fraction of sp³-hybridized carbons (Fsp3) is 0.0556. The van der Waals surface area contributed by atoms with Crippen molar-refractivity contribution in [3.05, 3.63) is 73.4 Å². The Labute approximate surface area is 168 Å². The number of rotatable bonds is 4. The summed E-state index contributed by atoms with van der Waals surface area (Å²) in [5, 5.41) is 3.57. The van der Waals surface area contributed by atoms with Crippen LogP contribution in [0.4, 0.5) is 5.69 Å². The molecule has 1 amide bonds. The van der Waals surface area contributed by atoms with Gasteiger partial charge in [0.2, 0.25) is 5.56 Å². The van der Waals surface area contributed by atoms with E-state index in [1.165, 1.54) is 12.1 Å². The molecule has 2 aromatic carbocycles. The van der Waals surface area contributed by atoms with Gasteiger partial charge in [-0.05, 0) is 18.2 Å². The molecule has 0 saturated heterocycles. The molecular formula is C18H11Cl3N2O4. The number of ether oxygens (including phenoxy) is 1. The van der Waals surface area contributed by atoms with E-state index in [4.69, 9.17) is 39.5 Å². The van der Waals surface area contributed by atoms with Crippen molar-refractivity contribution in [1.29, 1.82) is 0 Å². The van der Waals surface area contributed by atoms with Gasteiger partial charge in [0.25, 0.3) is 5.91 Å². The van der Waals surface area contributed by atoms with E-state index in [0.717, 1.165) is 6.07 Å². The zero-order valence-electron chi connectivity index (χ0n) is 13.5. The lowest BCUT2D eigenvalue weighted by atomic mass is 10.1. The molecule has 0 bridgehead atoms. The molecular weight excluding hydrogens is 415 g/mol. The number of fused-ring (bicyclic) bond motifs is 1. The topological polar surface area (TPSA) is 88.3 Å². The maximum absolute atomic E-state index is 12.3. The number of benzene rings is 2. The van der Waals surface area contributed by atoms with E-state index in [-0.39, 0.29) is 21.3 Å². The summed E-state index contributed by atoms with van der Waals surface area (Å²) in [6.45, 7) is -0.588. The Morgan fingerprint density at radius 2 is 1.70 bits per heavy atom. The van der Waals surface area contributed by atoms with Crippen molar-refractivity contribution in [1.82, 2.24) is 4.98 Å². The number of amides is 1. The first-order valence-corrected chi connectivity index (χ1v) is 8.72. The normalized spacial score (nSPS) is 10.6. The van der Waals surface area contributed by atoms with E-state index in [0.29, 0.717) is 15.9 Å². The predicted octanol–water partition coefficient (Wildman–Crippen LogP) is 4.28. The van der Waals surface area contributed by atoms with Crippen LogP contribution in [0.2, 0.25) is 15.1 Å². The third-order valence-corrected chi connectivity index (χ3v) is 4.39. The number of hydrogen-bond donors (Lipinski definition) is 2. The number of nitrogens with one attached hydrogen (secondary N) is 2. The highest BCUT2D eigenvalue weighted by Crippen LogP contribution is 2.33. The summed E-state index contributed by atoms with van der Waals surface area (Å²) in [5.41, 5.74) is 0.251. The molecule has 3 rings (SSSR count). The van der Waals surface area contributed by atoms with Gasteiger partial charge in [0, 0.05) is 22.0 Å². The largest absolute Gasteiger partial charge is 0.452 e. The zero-order chi connectivity index (χ0) is 19.6. The molecule has 0 fully saturated rings. The second-order valence-electron chi connectivity index (χ2n) is 5.46. The van der Waals surface area contributed by atoms with Crippen molar-refractivity contribution in [2.24, 2.45) is 0 Å². The number of para-hydroxylation sites is 1. The standard InChI is InChI=1S/C18H11Cl3N2O4/c19-9-5-12(20)17(13(21)6-9)23-16(25)8-27-18(26)11-7-15(24)22-14-4-2-1-3-10(11)14/h1-7H,8H2,(H,22,24)(H,23,25). The lowest BCUT2D eigenvalue weighted by Crippen LogP contribution is -2.22. The van der Waals surface area contributed by atoms with Gasteiger partial charge in [-0.1, -0.05) is 53.0 Å². The Balaban J connectivity index is 1.73. The van der Waals surface area contributed by atoms with Crippen LogP contribution < -0.4 is 10.9 Å². The average molecular weight is 426 g/mol. The maximum Gasteiger partial charge on any atom is 0.339 e. The zero-order valence-corrected chi connectivity index (χ0v) is 15.8. The summed E-state index contributed by atoms with van der Waals surface area (Å²) in [6.07, 6.45) is 0. The van der Waals surface area contributed by atoms with Crippen molar-refractivity contribution in [2.45, 2.75) is 0 Å². The molecule has 1 aromatic heterocycles. The van der Waals surface area contributed by atoms with Crippen LogP contribution in [0.1, 0.15) is 10.4 Å². The highest BCUT2D eigenvalue weighted by molar-refractivity contribution is 6.42. The molecule has 3 aromatic rings. The molecule has 6 nitrogen and oxygen atoms in total. The Hall–Kier alpha value is -2.54. The second-order valence-corrected chi connectivity index (χ2v) is 6.71. The molecule has 0 aliphatic rings. The number of aromatic nitrogens is 1. The summed E-state index contributed by atoms with van der Waals surface area (Å²) < 4.78 is 5.01. The molecule has 0 atom stereocenters. The Kier molecular flexibility index (Phi) is 5.70. The van der Waals surface area contributed by atoms with Gasteiger partial charge in [-0.25, -0.2) is 4.79 Å². The molecule has 0 aliphatic heterocycles. The van der Waals surface area contributed by atoms with Gasteiger partial charge in [0.05, 0.1) is 21.3 Å². The maximum atomic E-state index is 12.3. The molecule has 0 spiro atoms. The van der Waals surface area contributed by atoms with Crippen LogP contribution in [0.3, 0.4) is 0 Å². The summed E-state index contributed by atoms with van der Waals surface area (Å²) in [7, 11) is 0. The summed E-state index contributed by atoms with van der Waals surface area (Å²) in [4.78, 5) is 38.7. The minimum absolute atomic E-state index is 0.0599. The Bertz CT molecular complexity index is 1090. The number of carbonyl (C=O) groups is 2. The van der Waals surface area contributed by atoms with Gasteiger partial charge < -0.3 is 15.0 Å². The monoisotopic (exact) mass is 424 g/mol. The minimum atomic E-state index is -0.805. The smallest absolute Gasteiger partial charge is 0.339 e. The van der Waals surface area contributed by atoms with E-state index in [9.17, 15) is 14.4 Å². The van der Waals surface area contributed by atoms with E-state index < -0.39 is 24.0 Å².